The zero-order chi connectivity index (χ0) is 28.5. The smallest absolute Gasteiger partial charge is 0.311 e. The van der Waals surface area contributed by atoms with Crippen LogP contribution in [0.3, 0.4) is 0 Å². The Kier molecular flexibility index (Phi) is 13.9. The van der Waals surface area contributed by atoms with Gasteiger partial charge in [-0.3, -0.25) is 4.79 Å². The molecule has 222 valence electrons. The van der Waals surface area contributed by atoms with E-state index in [4.69, 9.17) is 4.74 Å². The van der Waals surface area contributed by atoms with E-state index in [1.807, 2.05) is 24.3 Å². The van der Waals surface area contributed by atoms with E-state index in [9.17, 15) is 4.79 Å². The van der Waals surface area contributed by atoms with Gasteiger partial charge in [0.15, 0.2) is 0 Å². The van der Waals surface area contributed by atoms with Gasteiger partial charge in [0.05, 0.1) is 5.56 Å². The first-order valence-corrected chi connectivity index (χ1v) is 17.1. The maximum Gasteiger partial charge on any atom is 0.311 e. The molecule has 0 aromatic heterocycles. The minimum absolute atomic E-state index is 0.148. The topological polar surface area (TPSA) is 26.3 Å². The van der Waals surface area contributed by atoms with Crippen molar-refractivity contribution in [2.75, 3.05) is 0 Å². The highest BCUT2D eigenvalue weighted by Gasteiger charge is 2.22. The number of carbonyl (C=O) groups excluding carboxylic acids is 1. The molecule has 2 heteroatoms. The van der Waals surface area contributed by atoms with Crippen molar-refractivity contribution in [3.8, 4) is 17.6 Å². The second-order valence-electron chi connectivity index (χ2n) is 12.9. The van der Waals surface area contributed by atoms with Gasteiger partial charge in [0.1, 0.15) is 5.75 Å². The van der Waals surface area contributed by atoms with E-state index in [0.717, 1.165) is 35.8 Å². The number of rotatable bonds is 15. The quantitative estimate of drug-likeness (QED) is 0.0947. The van der Waals surface area contributed by atoms with Crippen molar-refractivity contribution in [3.63, 3.8) is 0 Å². The summed E-state index contributed by atoms with van der Waals surface area (Å²) in [5.74, 6) is 9.59. The Labute approximate surface area is 251 Å². The van der Waals surface area contributed by atoms with E-state index < -0.39 is 0 Å². The van der Waals surface area contributed by atoms with Crippen LogP contribution in [0, 0.1) is 23.7 Å². The van der Waals surface area contributed by atoms with Gasteiger partial charge in [-0.25, -0.2) is 0 Å². The molecule has 0 amide bonds. The summed E-state index contributed by atoms with van der Waals surface area (Å²) in [5.41, 5.74) is 3.24. The van der Waals surface area contributed by atoms with Crippen LogP contribution >= 0.6 is 0 Å². The van der Waals surface area contributed by atoms with Crippen LogP contribution in [0.15, 0.2) is 48.5 Å². The summed E-state index contributed by atoms with van der Waals surface area (Å²) in [6, 6.07) is 16.5. The molecule has 2 nitrogen and oxygen atoms in total. The normalized spacial score (nSPS) is 19.0. The molecule has 2 aromatic rings. The summed E-state index contributed by atoms with van der Waals surface area (Å²) in [5, 5.41) is 0. The summed E-state index contributed by atoms with van der Waals surface area (Å²) in [7, 11) is 0. The highest BCUT2D eigenvalue weighted by Crippen LogP contribution is 2.38. The third-order valence-corrected chi connectivity index (χ3v) is 9.62. The van der Waals surface area contributed by atoms with Crippen LogP contribution in [0.1, 0.15) is 158 Å². The zero-order valence-corrected chi connectivity index (χ0v) is 25.8. The highest BCUT2D eigenvalue weighted by molar-refractivity contribution is 5.73. The molecule has 2 aliphatic carbocycles. The summed E-state index contributed by atoms with van der Waals surface area (Å²) in [4.78, 5) is 12.5. The van der Waals surface area contributed by atoms with Crippen molar-refractivity contribution in [1.82, 2.24) is 0 Å². The lowest BCUT2D eigenvalue weighted by Gasteiger charge is -2.29. The molecule has 0 saturated heterocycles. The molecule has 2 fully saturated rings. The molecule has 0 unspecified atom stereocenters. The molecule has 0 bridgehead atoms. The van der Waals surface area contributed by atoms with Crippen LogP contribution in [0.25, 0.3) is 0 Å². The van der Waals surface area contributed by atoms with Crippen LogP contribution in [0.4, 0.5) is 0 Å². The summed E-state index contributed by atoms with van der Waals surface area (Å²) >= 11 is 0. The van der Waals surface area contributed by atoms with Crippen LogP contribution in [-0.2, 0) is 4.79 Å². The van der Waals surface area contributed by atoms with Crippen molar-refractivity contribution >= 4 is 5.97 Å². The molecule has 0 N–H and O–H groups in total. The van der Waals surface area contributed by atoms with Gasteiger partial charge in [0, 0.05) is 12.0 Å². The Morgan fingerprint density at radius 1 is 0.707 bits per heavy atom. The lowest BCUT2D eigenvalue weighted by atomic mass is 9.77. The SMILES string of the molecule is CCCCCCC[C@H]1CC[C@H](c2ccc(C#Cc3ccccc3OC(=O)CCCCCCC3CCCC3)cc2)CC1. The fraction of sp³-hybridized carbons (Fsp3) is 0.615. The number of para-hydroxylation sites is 1. The van der Waals surface area contributed by atoms with Gasteiger partial charge in [-0.2, -0.15) is 0 Å². The second-order valence-corrected chi connectivity index (χ2v) is 12.9. The van der Waals surface area contributed by atoms with Crippen molar-refractivity contribution in [2.45, 2.75) is 141 Å². The van der Waals surface area contributed by atoms with Crippen LogP contribution in [-0.4, -0.2) is 5.97 Å². The molecule has 2 saturated carbocycles. The summed E-state index contributed by atoms with van der Waals surface area (Å²) in [6.07, 6.45) is 26.0. The van der Waals surface area contributed by atoms with Crippen molar-refractivity contribution in [2.24, 2.45) is 11.8 Å². The van der Waals surface area contributed by atoms with E-state index >= 15 is 0 Å². The maximum absolute atomic E-state index is 12.5. The van der Waals surface area contributed by atoms with Crippen molar-refractivity contribution < 1.29 is 9.53 Å². The molecule has 2 aromatic carbocycles. The van der Waals surface area contributed by atoms with E-state index in [2.05, 4.69) is 43.0 Å². The lowest BCUT2D eigenvalue weighted by molar-refractivity contribution is -0.134. The van der Waals surface area contributed by atoms with Gasteiger partial charge in [-0.05, 0) is 79.7 Å². The average Bonchev–Trinajstić information content (AvgIpc) is 3.53. The van der Waals surface area contributed by atoms with E-state index in [0.29, 0.717) is 18.1 Å². The third-order valence-electron chi connectivity index (χ3n) is 9.62. The molecular formula is C39H54O2. The standard InChI is InChI=1S/C39H54O2/c1-2-3-4-5-8-16-33-22-27-35(28-23-33)36-29-24-34(25-30-36)26-31-37-19-13-14-20-38(37)41-39(40)21-10-7-6-9-15-32-17-11-12-18-32/h13-14,19-20,24-25,29-30,32-33,35H,2-12,15-18,21-23,27-28H2,1H3/t33-,35-. The molecule has 0 radical (unpaired) electrons. The van der Waals surface area contributed by atoms with E-state index in [1.165, 1.54) is 115 Å². The van der Waals surface area contributed by atoms with Crippen LogP contribution < -0.4 is 4.74 Å². The summed E-state index contributed by atoms with van der Waals surface area (Å²) < 4.78 is 5.73. The number of hydrogen-bond donors (Lipinski definition) is 0. The summed E-state index contributed by atoms with van der Waals surface area (Å²) in [6.45, 7) is 2.29. The number of hydrogen-bond acceptors (Lipinski definition) is 2. The van der Waals surface area contributed by atoms with Gasteiger partial charge in [0.25, 0.3) is 0 Å². The zero-order valence-electron chi connectivity index (χ0n) is 25.8. The first-order chi connectivity index (χ1) is 20.2. The Hall–Kier alpha value is -2.53. The fourth-order valence-electron chi connectivity index (χ4n) is 6.99. The van der Waals surface area contributed by atoms with Gasteiger partial charge in [-0.1, -0.05) is 133 Å². The molecule has 0 spiro atoms. The maximum atomic E-state index is 12.5. The van der Waals surface area contributed by atoms with Gasteiger partial charge >= 0.3 is 5.97 Å². The van der Waals surface area contributed by atoms with Crippen molar-refractivity contribution in [3.05, 3.63) is 65.2 Å². The first-order valence-electron chi connectivity index (χ1n) is 17.1. The second kappa shape index (κ2) is 18.1. The number of ether oxygens (including phenoxy) is 1. The Morgan fingerprint density at radius 3 is 2.05 bits per heavy atom. The fourth-order valence-corrected chi connectivity index (χ4v) is 6.99. The number of carbonyl (C=O) groups is 1. The molecular weight excluding hydrogens is 500 g/mol. The van der Waals surface area contributed by atoms with Crippen molar-refractivity contribution in [1.29, 1.82) is 0 Å². The predicted molar refractivity (Wildman–Crippen MR) is 172 cm³/mol. The lowest BCUT2D eigenvalue weighted by Crippen LogP contribution is -2.13. The molecule has 0 atom stereocenters. The number of esters is 1. The Balaban J connectivity index is 1.18. The van der Waals surface area contributed by atoms with Crippen LogP contribution in [0.5, 0.6) is 5.75 Å². The van der Waals surface area contributed by atoms with Gasteiger partial charge in [0.2, 0.25) is 0 Å². The molecule has 4 rings (SSSR count). The monoisotopic (exact) mass is 554 g/mol. The molecule has 0 aliphatic heterocycles. The minimum Gasteiger partial charge on any atom is -0.425 e. The molecule has 2 aliphatic rings. The first kappa shape index (κ1) is 31.4. The number of unbranched alkanes of at least 4 members (excludes halogenated alkanes) is 7. The Bertz CT molecular complexity index is 1070. The minimum atomic E-state index is -0.148. The predicted octanol–water partition coefficient (Wildman–Crippen LogP) is 11.2. The van der Waals surface area contributed by atoms with E-state index in [1.54, 1.807) is 0 Å². The Morgan fingerprint density at radius 2 is 1.34 bits per heavy atom. The van der Waals surface area contributed by atoms with Gasteiger partial charge in [-0.15, -0.1) is 0 Å². The largest absolute Gasteiger partial charge is 0.425 e. The van der Waals surface area contributed by atoms with Gasteiger partial charge < -0.3 is 4.74 Å². The van der Waals surface area contributed by atoms with Crippen LogP contribution in [0.2, 0.25) is 0 Å². The molecule has 0 heterocycles. The highest BCUT2D eigenvalue weighted by atomic mass is 16.5. The number of benzene rings is 2. The third kappa shape index (κ3) is 11.3. The molecule has 41 heavy (non-hydrogen) atoms. The van der Waals surface area contributed by atoms with E-state index in [-0.39, 0.29) is 5.97 Å². The average molecular weight is 555 g/mol.